The summed E-state index contributed by atoms with van der Waals surface area (Å²) in [5.41, 5.74) is 0.867. The molecule has 0 N–H and O–H groups in total. The fourth-order valence-corrected chi connectivity index (χ4v) is 1.59. The van der Waals surface area contributed by atoms with Gasteiger partial charge in [-0.2, -0.15) is 13.2 Å². The number of benzene rings is 1. The van der Waals surface area contributed by atoms with Crippen molar-refractivity contribution in [3.63, 3.8) is 0 Å². The number of hydrogen-bond donors (Lipinski definition) is 1. The standard InChI is InChI=1S/C11H12F3NOS/c1-7-3-4-8(17)5-9(7)10(16)15(2)6-11(12,13)14/h3-5,17H,6H2,1-2H3. The average molecular weight is 263 g/mol. The summed E-state index contributed by atoms with van der Waals surface area (Å²) in [6.07, 6.45) is -4.39. The first kappa shape index (κ1) is 13.9. The molecular weight excluding hydrogens is 251 g/mol. The van der Waals surface area contributed by atoms with Crippen molar-refractivity contribution >= 4 is 18.5 Å². The predicted octanol–water partition coefficient (Wildman–Crippen LogP) is 2.92. The number of amides is 1. The van der Waals surface area contributed by atoms with Crippen LogP contribution < -0.4 is 0 Å². The van der Waals surface area contributed by atoms with Gasteiger partial charge in [0.05, 0.1) is 0 Å². The Morgan fingerprint density at radius 1 is 1.41 bits per heavy atom. The van der Waals surface area contributed by atoms with E-state index in [1.54, 1.807) is 19.1 Å². The SMILES string of the molecule is Cc1ccc(S)cc1C(=O)N(C)CC(F)(F)F. The van der Waals surface area contributed by atoms with Gasteiger partial charge in [0.1, 0.15) is 6.54 Å². The van der Waals surface area contributed by atoms with Crippen LogP contribution in [0.4, 0.5) is 13.2 Å². The van der Waals surface area contributed by atoms with E-state index in [1.807, 2.05) is 0 Å². The van der Waals surface area contributed by atoms with Gasteiger partial charge in [0.2, 0.25) is 0 Å². The topological polar surface area (TPSA) is 20.3 Å². The molecule has 0 atom stereocenters. The van der Waals surface area contributed by atoms with Gasteiger partial charge in [0.25, 0.3) is 5.91 Å². The quantitative estimate of drug-likeness (QED) is 0.813. The van der Waals surface area contributed by atoms with Crippen LogP contribution in [-0.2, 0) is 0 Å². The Hall–Kier alpha value is -1.17. The van der Waals surface area contributed by atoms with Gasteiger partial charge in [-0.05, 0) is 24.6 Å². The van der Waals surface area contributed by atoms with Crippen LogP contribution in [0.1, 0.15) is 15.9 Å². The Bertz CT molecular complexity index is 431. The molecule has 0 saturated carbocycles. The average Bonchev–Trinajstić information content (AvgIpc) is 2.18. The summed E-state index contributed by atoms with van der Waals surface area (Å²) < 4.78 is 36.5. The molecular formula is C11H12F3NOS. The lowest BCUT2D eigenvalue weighted by atomic mass is 10.1. The van der Waals surface area contributed by atoms with E-state index in [9.17, 15) is 18.0 Å². The van der Waals surface area contributed by atoms with Crippen LogP contribution in [0.15, 0.2) is 23.1 Å². The van der Waals surface area contributed by atoms with Crippen molar-refractivity contribution in [2.75, 3.05) is 13.6 Å². The number of alkyl halides is 3. The highest BCUT2D eigenvalue weighted by molar-refractivity contribution is 7.80. The Labute approximate surface area is 103 Å². The molecule has 0 aliphatic carbocycles. The molecule has 6 heteroatoms. The van der Waals surface area contributed by atoms with E-state index in [0.717, 1.165) is 7.05 Å². The molecule has 94 valence electrons. The van der Waals surface area contributed by atoms with Gasteiger partial charge in [0.15, 0.2) is 0 Å². The number of carbonyl (C=O) groups is 1. The van der Waals surface area contributed by atoms with Crippen molar-refractivity contribution in [2.24, 2.45) is 0 Å². The van der Waals surface area contributed by atoms with E-state index in [4.69, 9.17) is 0 Å². The lowest BCUT2D eigenvalue weighted by Crippen LogP contribution is -2.36. The first-order valence-corrected chi connectivity index (χ1v) is 5.27. The predicted molar refractivity (Wildman–Crippen MR) is 61.4 cm³/mol. The second-order valence-electron chi connectivity index (χ2n) is 3.78. The van der Waals surface area contributed by atoms with Crippen molar-refractivity contribution in [1.29, 1.82) is 0 Å². The molecule has 1 aromatic rings. The fraction of sp³-hybridized carbons (Fsp3) is 0.364. The zero-order chi connectivity index (χ0) is 13.2. The zero-order valence-electron chi connectivity index (χ0n) is 9.38. The maximum Gasteiger partial charge on any atom is 0.406 e. The van der Waals surface area contributed by atoms with Crippen LogP contribution >= 0.6 is 12.6 Å². The molecule has 0 aliphatic rings. The number of thiol groups is 1. The van der Waals surface area contributed by atoms with Crippen molar-refractivity contribution in [2.45, 2.75) is 18.0 Å². The Morgan fingerprint density at radius 3 is 2.53 bits per heavy atom. The second kappa shape index (κ2) is 5.00. The zero-order valence-corrected chi connectivity index (χ0v) is 10.3. The number of hydrogen-bond acceptors (Lipinski definition) is 2. The normalized spacial score (nSPS) is 11.4. The highest BCUT2D eigenvalue weighted by Crippen LogP contribution is 2.19. The molecule has 0 fully saturated rings. The van der Waals surface area contributed by atoms with Crippen molar-refractivity contribution in [3.05, 3.63) is 29.3 Å². The third kappa shape index (κ3) is 3.96. The summed E-state index contributed by atoms with van der Waals surface area (Å²) in [5.74, 6) is -0.657. The summed E-state index contributed by atoms with van der Waals surface area (Å²) in [6.45, 7) is 0.407. The smallest absolute Gasteiger partial charge is 0.333 e. The molecule has 2 nitrogen and oxygen atoms in total. The molecule has 1 rings (SSSR count). The third-order valence-corrected chi connectivity index (χ3v) is 2.49. The molecule has 0 heterocycles. The molecule has 0 aliphatic heterocycles. The Balaban J connectivity index is 2.93. The Kier molecular flexibility index (Phi) is 4.08. The summed E-state index contributed by atoms with van der Waals surface area (Å²) >= 11 is 4.06. The highest BCUT2D eigenvalue weighted by Gasteiger charge is 2.31. The first-order valence-electron chi connectivity index (χ1n) is 4.82. The van der Waals surface area contributed by atoms with E-state index >= 15 is 0 Å². The number of rotatable bonds is 2. The van der Waals surface area contributed by atoms with Gasteiger partial charge in [0, 0.05) is 17.5 Å². The lowest BCUT2D eigenvalue weighted by Gasteiger charge is -2.20. The molecule has 0 saturated heterocycles. The minimum absolute atomic E-state index is 0.240. The van der Waals surface area contributed by atoms with Gasteiger partial charge in [-0.25, -0.2) is 0 Å². The Morgan fingerprint density at radius 2 is 2.00 bits per heavy atom. The molecule has 0 radical (unpaired) electrons. The molecule has 1 aromatic carbocycles. The maximum atomic E-state index is 12.2. The van der Waals surface area contributed by atoms with Crippen LogP contribution in [0, 0.1) is 6.92 Å². The number of nitrogens with zero attached hydrogens (tertiary/aromatic N) is 1. The molecule has 0 spiro atoms. The van der Waals surface area contributed by atoms with Gasteiger partial charge in [-0.15, -0.1) is 12.6 Å². The minimum Gasteiger partial charge on any atom is -0.333 e. The highest BCUT2D eigenvalue weighted by atomic mass is 32.1. The van der Waals surface area contributed by atoms with E-state index in [2.05, 4.69) is 12.6 Å². The van der Waals surface area contributed by atoms with Crippen molar-refractivity contribution in [1.82, 2.24) is 4.90 Å². The fourth-order valence-electron chi connectivity index (χ4n) is 1.39. The number of halogens is 3. The van der Waals surface area contributed by atoms with Gasteiger partial charge < -0.3 is 4.90 Å². The largest absolute Gasteiger partial charge is 0.406 e. The molecule has 0 unspecified atom stereocenters. The van der Waals surface area contributed by atoms with Crippen LogP contribution in [0.3, 0.4) is 0 Å². The number of carbonyl (C=O) groups excluding carboxylic acids is 1. The third-order valence-electron chi connectivity index (χ3n) is 2.21. The summed E-state index contributed by atoms with van der Waals surface area (Å²) in [4.78, 5) is 13.0. The van der Waals surface area contributed by atoms with Crippen LogP contribution in [0.25, 0.3) is 0 Å². The van der Waals surface area contributed by atoms with Gasteiger partial charge >= 0.3 is 6.18 Å². The monoisotopic (exact) mass is 263 g/mol. The summed E-state index contributed by atoms with van der Waals surface area (Å²) in [6, 6.07) is 4.80. The van der Waals surface area contributed by atoms with E-state index in [-0.39, 0.29) is 5.56 Å². The number of aryl methyl sites for hydroxylation is 1. The van der Waals surface area contributed by atoms with Crippen LogP contribution in [0.2, 0.25) is 0 Å². The van der Waals surface area contributed by atoms with Crippen molar-refractivity contribution < 1.29 is 18.0 Å². The van der Waals surface area contributed by atoms with E-state index in [0.29, 0.717) is 15.4 Å². The summed E-state index contributed by atoms with van der Waals surface area (Å²) in [7, 11) is 1.13. The molecule has 17 heavy (non-hydrogen) atoms. The van der Waals surface area contributed by atoms with Crippen LogP contribution in [-0.4, -0.2) is 30.6 Å². The van der Waals surface area contributed by atoms with E-state index < -0.39 is 18.6 Å². The molecule has 1 amide bonds. The first-order chi connectivity index (χ1) is 7.70. The van der Waals surface area contributed by atoms with Gasteiger partial charge in [-0.1, -0.05) is 6.07 Å². The van der Waals surface area contributed by atoms with E-state index in [1.165, 1.54) is 6.07 Å². The lowest BCUT2D eigenvalue weighted by molar-refractivity contribution is -0.138. The maximum absolute atomic E-state index is 12.2. The van der Waals surface area contributed by atoms with Crippen molar-refractivity contribution in [3.8, 4) is 0 Å². The molecule has 0 aromatic heterocycles. The van der Waals surface area contributed by atoms with Gasteiger partial charge in [-0.3, -0.25) is 4.79 Å². The summed E-state index contributed by atoms with van der Waals surface area (Å²) in [5, 5.41) is 0. The van der Waals surface area contributed by atoms with Crippen LogP contribution in [0.5, 0.6) is 0 Å². The minimum atomic E-state index is -4.39. The second-order valence-corrected chi connectivity index (χ2v) is 4.29. The molecule has 0 bridgehead atoms.